The summed E-state index contributed by atoms with van der Waals surface area (Å²) in [5.41, 5.74) is 0.204. The second-order valence-electron chi connectivity index (χ2n) is 2.44. The zero-order valence-corrected chi connectivity index (χ0v) is 5.89. The molecule has 1 unspecified atom stereocenters. The molecule has 1 aromatic rings. The first-order chi connectivity index (χ1) is 5.31. The van der Waals surface area contributed by atoms with Crippen LogP contribution in [0.5, 0.6) is 0 Å². The minimum Gasteiger partial charge on any atom is -0.198 e. The number of aromatic amines is 1. The van der Waals surface area contributed by atoms with Crippen LogP contribution in [0, 0.1) is 0 Å². The summed E-state index contributed by atoms with van der Waals surface area (Å²) in [6.45, 7) is 1.87. The first-order valence-corrected chi connectivity index (χ1v) is 3.14. The summed E-state index contributed by atoms with van der Waals surface area (Å²) < 4.78 is 0. The third-order valence-electron chi connectivity index (χ3n) is 1.55. The predicted molar refractivity (Wildman–Crippen MR) is 37.1 cm³/mol. The number of H-pyrrole nitrogens is 1. The molecule has 56 valence electrons. The van der Waals surface area contributed by atoms with E-state index < -0.39 is 5.54 Å². The van der Waals surface area contributed by atoms with Gasteiger partial charge in [0.15, 0.2) is 5.54 Å². The molecule has 0 aromatic carbocycles. The Kier molecular flexibility index (Phi) is 1.09. The fraction of sp³-hybridized carbons (Fsp3) is 0.400. The molecule has 11 heavy (non-hydrogen) atoms. The van der Waals surface area contributed by atoms with Gasteiger partial charge in [-0.15, -0.1) is 10.2 Å². The first-order valence-electron chi connectivity index (χ1n) is 3.14. The van der Waals surface area contributed by atoms with Crippen molar-refractivity contribution in [2.45, 2.75) is 12.5 Å². The van der Waals surface area contributed by atoms with Crippen molar-refractivity contribution in [2.75, 3.05) is 0 Å². The van der Waals surface area contributed by atoms with Crippen molar-refractivity contribution in [2.24, 2.45) is 15.4 Å². The van der Waals surface area contributed by atoms with Crippen LogP contribution in [0.1, 0.15) is 12.6 Å². The summed E-state index contributed by atoms with van der Waals surface area (Å²) in [6.07, 6.45) is 3.24. The Bertz CT molecular complexity index is 285. The van der Waals surface area contributed by atoms with Gasteiger partial charge in [-0.1, -0.05) is 0 Å². The van der Waals surface area contributed by atoms with Gasteiger partial charge in [0.2, 0.25) is 0 Å². The van der Waals surface area contributed by atoms with E-state index in [1.807, 2.05) is 6.92 Å². The van der Waals surface area contributed by atoms with Crippen LogP contribution in [0.3, 0.4) is 0 Å². The average molecular weight is 150 g/mol. The molecule has 0 aliphatic carbocycles. The lowest BCUT2D eigenvalue weighted by atomic mass is 10.0. The van der Waals surface area contributed by atoms with Crippen LogP contribution in [0.15, 0.2) is 21.6 Å². The Balaban J connectivity index is 2.43. The number of hydrogen-bond acceptors (Lipinski definition) is 5. The van der Waals surface area contributed by atoms with Crippen LogP contribution in [0.25, 0.3) is 0 Å². The average Bonchev–Trinajstić information content (AvgIpc) is 2.55. The van der Waals surface area contributed by atoms with Gasteiger partial charge in [0, 0.05) is 0 Å². The summed E-state index contributed by atoms with van der Waals surface area (Å²) in [7, 11) is 0. The fourth-order valence-electron chi connectivity index (χ4n) is 0.846. The molecule has 1 aromatic heterocycles. The molecule has 6 nitrogen and oxygen atoms in total. The maximum absolute atomic E-state index is 3.89. The highest BCUT2D eigenvalue weighted by atomic mass is 15.4. The number of aromatic nitrogens is 3. The van der Waals surface area contributed by atoms with E-state index in [9.17, 15) is 0 Å². The molecule has 1 aliphatic heterocycles. The van der Waals surface area contributed by atoms with Gasteiger partial charge in [0.05, 0.1) is 12.4 Å². The summed E-state index contributed by atoms with van der Waals surface area (Å²) in [6, 6.07) is 0. The molecule has 0 saturated heterocycles. The molecular weight excluding hydrogens is 144 g/mol. The van der Waals surface area contributed by atoms with Crippen molar-refractivity contribution in [1.82, 2.24) is 15.4 Å². The summed E-state index contributed by atoms with van der Waals surface area (Å²) >= 11 is 0. The first kappa shape index (κ1) is 6.14. The number of nitrogens with one attached hydrogen (secondary N) is 1. The molecular formula is C5H6N6. The van der Waals surface area contributed by atoms with E-state index in [4.69, 9.17) is 0 Å². The molecule has 2 rings (SSSR count). The van der Waals surface area contributed by atoms with Gasteiger partial charge in [0.1, 0.15) is 5.69 Å². The van der Waals surface area contributed by atoms with E-state index in [-0.39, 0.29) is 0 Å². The molecule has 0 saturated carbocycles. The Labute approximate surface area is 62.4 Å². The third-order valence-corrected chi connectivity index (χ3v) is 1.55. The van der Waals surface area contributed by atoms with Gasteiger partial charge in [-0.2, -0.15) is 15.4 Å². The predicted octanol–water partition coefficient (Wildman–Crippen LogP) is 0.471. The van der Waals surface area contributed by atoms with Crippen molar-refractivity contribution >= 4 is 6.21 Å². The molecule has 6 heteroatoms. The zero-order chi connectivity index (χ0) is 7.73. The van der Waals surface area contributed by atoms with E-state index in [0.29, 0.717) is 0 Å². The van der Waals surface area contributed by atoms with Gasteiger partial charge in [-0.3, -0.25) is 0 Å². The van der Waals surface area contributed by atoms with Crippen molar-refractivity contribution in [3.8, 4) is 0 Å². The smallest absolute Gasteiger partial charge is 0.163 e. The maximum Gasteiger partial charge on any atom is 0.163 e. The number of rotatable bonds is 1. The van der Waals surface area contributed by atoms with E-state index in [1.165, 1.54) is 0 Å². The molecule has 0 spiro atoms. The van der Waals surface area contributed by atoms with E-state index in [2.05, 4.69) is 30.8 Å². The van der Waals surface area contributed by atoms with Crippen LogP contribution >= 0.6 is 0 Å². The normalized spacial score (nSPS) is 28.1. The Morgan fingerprint density at radius 3 is 3.00 bits per heavy atom. The van der Waals surface area contributed by atoms with E-state index in [1.54, 1.807) is 12.4 Å². The standard InChI is InChI=1S/C5H6N6/c1-5(3-7-11-9-5)4-2-6-10-8-4/h2-3H,1H3,(H,6,8,10). The Morgan fingerprint density at radius 1 is 1.55 bits per heavy atom. The van der Waals surface area contributed by atoms with Crippen LogP contribution in [0.2, 0.25) is 0 Å². The molecule has 0 radical (unpaired) electrons. The van der Waals surface area contributed by atoms with Crippen LogP contribution < -0.4 is 0 Å². The number of nitrogens with zero attached hydrogens (tertiary/aromatic N) is 5. The third kappa shape index (κ3) is 0.830. The monoisotopic (exact) mass is 150 g/mol. The molecule has 1 aliphatic rings. The zero-order valence-electron chi connectivity index (χ0n) is 5.89. The minimum absolute atomic E-state index is 0.521. The SMILES string of the molecule is CC1(c2cn[nH]n2)C=NN=N1. The molecule has 2 heterocycles. The van der Waals surface area contributed by atoms with Crippen LogP contribution in [0.4, 0.5) is 0 Å². The van der Waals surface area contributed by atoms with Crippen molar-refractivity contribution in [1.29, 1.82) is 0 Å². The van der Waals surface area contributed by atoms with Crippen molar-refractivity contribution < 1.29 is 0 Å². The summed E-state index contributed by atoms with van der Waals surface area (Å²) in [5, 5.41) is 21.1. The molecule has 0 fully saturated rings. The van der Waals surface area contributed by atoms with Gasteiger partial charge >= 0.3 is 0 Å². The molecule has 0 bridgehead atoms. The lowest BCUT2D eigenvalue weighted by Gasteiger charge is -2.08. The number of hydrogen-bond donors (Lipinski definition) is 1. The maximum atomic E-state index is 3.89. The van der Waals surface area contributed by atoms with Crippen molar-refractivity contribution in [3.63, 3.8) is 0 Å². The summed E-state index contributed by atoms with van der Waals surface area (Å²) in [5.74, 6) is 0. The van der Waals surface area contributed by atoms with Crippen LogP contribution in [-0.4, -0.2) is 21.6 Å². The van der Waals surface area contributed by atoms with Gasteiger partial charge in [0.25, 0.3) is 0 Å². The van der Waals surface area contributed by atoms with Gasteiger partial charge in [-0.25, -0.2) is 0 Å². The fourth-order valence-corrected chi connectivity index (χ4v) is 0.846. The second-order valence-corrected chi connectivity index (χ2v) is 2.44. The van der Waals surface area contributed by atoms with E-state index >= 15 is 0 Å². The highest BCUT2D eigenvalue weighted by Gasteiger charge is 2.29. The molecule has 1 atom stereocenters. The van der Waals surface area contributed by atoms with Crippen molar-refractivity contribution in [3.05, 3.63) is 11.9 Å². The largest absolute Gasteiger partial charge is 0.198 e. The topological polar surface area (TPSA) is 78.6 Å². The quantitative estimate of drug-likeness (QED) is 0.631. The Morgan fingerprint density at radius 2 is 2.45 bits per heavy atom. The van der Waals surface area contributed by atoms with Gasteiger partial charge < -0.3 is 0 Å². The lowest BCUT2D eigenvalue weighted by Crippen LogP contribution is -2.18. The summed E-state index contributed by atoms with van der Waals surface area (Å²) in [4.78, 5) is 0. The Hall–Kier alpha value is -1.59. The molecule has 1 N–H and O–H groups in total. The van der Waals surface area contributed by atoms with Crippen LogP contribution in [-0.2, 0) is 5.54 Å². The van der Waals surface area contributed by atoms with Gasteiger partial charge in [-0.05, 0) is 12.1 Å². The lowest BCUT2D eigenvalue weighted by molar-refractivity contribution is 0.643. The van der Waals surface area contributed by atoms with E-state index in [0.717, 1.165) is 5.69 Å². The highest BCUT2D eigenvalue weighted by Crippen LogP contribution is 2.23. The highest BCUT2D eigenvalue weighted by molar-refractivity contribution is 5.72. The molecule has 0 amide bonds. The second kappa shape index (κ2) is 1.94. The minimum atomic E-state index is -0.521.